The Balaban J connectivity index is 2.04. The van der Waals surface area contributed by atoms with Crippen LogP contribution in [0.1, 0.15) is 18.1 Å². The van der Waals surface area contributed by atoms with Crippen molar-refractivity contribution in [2.75, 3.05) is 11.9 Å². The zero-order chi connectivity index (χ0) is 15.1. The van der Waals surface area contributed by atoms with Crippen LogP contribution in [0.2, 0.25) is 0 Å². The fourth-order valence-corrected chi connectivity index (χ4v) is 1.97. The van der Waals surface area contributed by atoms with Crippen molar-refractivity contribution < 1.29 is 14.6 Å². The average molecular weight is 286 g/mol. The van der Waals surface area contributed by atoms with Gasteiger partial charge in [0.05, 0.1) is 19.6 Å². The topological polar surface area (TPSA) is 71.5 Å². The standard InChI is InChI=1S/C16H18N2O3/c1-2-21-15-6-5-14(9-13(15)11-19)18-16(20)8-12-4-3-7-17-10-12/h3-7,9-10,19H,2,8,11H2,1H3,(H,18,20). The van der Waals surface area contributed by atoms with Crippen molar-refractivity contribution in [2.45, 2.75) is 20.0 Å². The average Bonchev–Trinajstić information content (AvgIpc) is 2.50. The third-order valence-electron chi connectivity index (χ3n) is 2.90. The minimum Gasteiger partial charge on any atom is -0.494 e. The molecule has 5 heteroatoms. The van der Waals surface area contributed by atoms with Crippen LogP contribution in [0.3, 0.4) is 0 Å². The maximum atomic E-state index is 12.0. The summed E-state index contributed by atoms with van der Waals surface area (Å²) in [6.07, 6.45) is 3.59. The van der Waals surface area contributed by atoms with Crippen molar-refractivity contribution in [3.8, 4) is 5.75 Å². The number of carbonyl (C=O) groups excluding carboxylic acids is 1. The van der Waals surface area contributed by atoms with Crippen LogP contribution in [0.5, 0.6) is 5.75 Å². The van der Waals surface area contributed by atoms with Gasteiger partial charge in [-0.15, -0.1) is 0 Å². The van der Waals surface area contributed by atoms with Gasteiger partial charge in [-0.05, 0) is 36.8 Å². The molecule has 0 aliphatic carbocycles. The summed E-state index contributed by atoms with van der Waals surface area (Å²) in [6.45, 7) is 2.27. The Hall–Kier alpha value is -2.40. The van der Waals surface area contributed by atoms with Crippen molar-refractivity contribution in [1.29, 1.82) is 0 Å². The summed E-state index contributed by atoms with van der Waals surface area (Å²) in [5.41, 5.74) is 2.13. The summed E-state index contributed by atoms with van der Waals surface area (Å²) in [6, 6.07) is 8.86. The van der Waals surface area contributed by atoms with Gasteiger partial charge in [0.25, 0.3) is 0 Å². The lowest BCUT2D eigenvalue weighted by Gasteiger charge is -2.11. The van der Waals surface area contributed by atoms with E-state index in [9.17, 15) is 9.90 Å². The van der Waals surface area contributed by atoms with Gasteiger partial charge in [-0.25, -0.2) is 0 Å². The predicted molar refractivity (Wildman–Crippen MR) is 80.1 cm³/mol. The number of benzene rings is 1. The Bertz CT molecular complexity index is 600. The molecule has 0 saturated heterocycles. The minimum absolute atomic E-state index is 0.129. The van der Waals surface area contributed by atoms with Gasteiger partial charge in [-0.1, -0.05) is 6.07 Å². The van der Waals surface area contributed by atoms with Gasteiger partial charge in [0, 0.05) is 23.6 Å². The van der Waals surface area contributed by atoms with E-state index in [0.29, 0.717) is 23.6 Å². The molecule has 1 heterocycles. The normalized spacial score (nSPS) is 10.2. The number of aliphatic hydroxyl groups excluding tert-OH is 1. The van der Waals surface area contributed by atoms with Crippen LogP contribution in [0, 0.1) is 0 Å². The van der Waals surface area contributed by atoms with Gasteiger partial charge in [0.1, 0.15) is 5.75 Å². The Kier molecular flexibility index (Phi) is 5.29. The number of anilines is 1. The molecule has 1 aromatic heterocycles. The Morgan fingerprint density at radius 2 is 2.24 bits per heavy atom. The predicted octanol–water partition coefficient (Wildman–Crippen LogP) is 2.15. The van der Waals surface area contributed by atoms with Crippen molar-refractivity contribution in [3.63, 3.8) is 0 Å². The number of hydrogen-bond donors (Lipinski definition) is 2. The van der Waals surface area contributed by atoms with E-state index in [1.54, 1.807) is 36.7 Å². The van der Waals surface area contributed by atoms with Crippen LogP contribution >= 0.6 is 0 Å². The molecule has 0 atom stereocenters. The van der Waals surface area contributed by atoms with E-state index >= 15 is 0 Å². The lowest BCUT2D eigenvalue weighted by Crippen LogP contribution is -2.14. The first-order chi connectivity index (χ1) is 10.2. The lowest BCUT2D eigenvalue weighted by molar-refractivity contribution is -0.115. The van der Waals surface area contributed by atoms with E-state index in [1.807, 2.05) is 13.0 Å². The number of carbonyl (C=O) groups is 1. The molecular formula is C16H18N2O3. The van der Waals surface area contributed by atoms with Crippen LogP contribution in [0.25, 0.3) is 0 Å². The number of aromatic nitrogens is 1. The summed E-state index contributed by atoms with van der Waals surface area (Å²) < 4.78 is 5.40. The van der Waals surface area contributed by atoms with Crippen LogP contribution in [-0.4, -0.2) is 22.6 Å². The molecule has 0 fully saturated rings. The van der Waals surface area contributed by atoms with Crippen molar-refractivity contribution in [3.05, 3.63) is 53.9 Å². The molecule has 0 spiro atoms. The molecule has 1 aromatic carbocycles. The maximum absolute atomic E-state index is 12.0. The molecule has 0 bridgehead atoms. The number of aliphatic hydroxyl groups is 1. The lowest BCUT2D eigenvalue weighted by atomic mass is 10.1. The van der Waals surface area contributed by atoms with Crippen molar-refractivity contribution in [2.24, 2.45) is 0 Å². The first-order valence-electron chi connectivity index (χ1n) is 6.78. The molecule has 5 nitrogen and oxygen atoms in total. The zero-order valence-electron chi connectivity index (χ0n) is 11.9. The van der Waals surface area contributed by atoms with E-state index in [-0.39, 0.29) is 18.9 Å². The largest absolute Gasteiger partial charge is 0.494 e. The Morgan fingerprint density at radius 3 is 2.90 bits per heavy atom. The van der Waals surface area contributed by atoms with E-state index < -0.39 is 0 Å². The molecule has 110 valence electrons. The number of pyridine rings is 1. The summed E-state index contributed by atoms with van der Waals surface area (Å²) in [5.74, 6) is 0.501. The van der Waals surface area contributed by atoms with Crippen LogP contribution in [0.15, 0.2) is 42.7 Å². The molecule has 0 radical (unpaired) electrons. The van der Waals surface area contributed by atoms with Gasteiger partial charge in [-0.3, -0.25) is 9.78 Å². The van der Waals surface area contributed by atoms with E-state index in [1.165, 1.54) is 0 Å². The SMILES string of the molecule is CCOc1ccc(NC(=O)Cc2cccnc2)cc1CO. The zero-order valence-corrected chi connectivity index (χ0v) is 11.9. The molecule has 1 amide bonds. The molecule has 0 aliphatic heterocycles. The smallest absolute Gasteiger partial charge is 0.228 e. The maximum Gasteiger partial charge on any atom is 0.228 e. The number of ether oxygens (including phenoxy) is 1. The van der Waals surface area contributed by atoms with Gasteiger partial charge < -0.3 is 15.2 Å². The molecule has 21 heavy (non-hydrogen) atoms. The monoisotopic (exact) mass is 286 g/mol. The molecule has 2 aromatic rings. The summed E-state index contributed by atoms with van der Waals surface area (Å²) in [7, 11) is 0. The van der Waals surface area contributed by atoms with Crippen LogP contribution < -0.4 is 10.1 Å². The fourth-order valence-electron chi connectivity index (χ4n) is 1.97. The highest BCUT2D eigenvalue weighted by Crippen LogP contribution is 2.23. The Labute approximate surface area is 123 Å². The van der Waals surface area contributed by atoms with Crippen molar-refractivity contribution in [1.82, 2.24) is 4.98 Å². The minimum atomic E-state index is -0.137. The van der Waals surface area contributed by atoms with Crippen molar-refractivity contribution >= 4 is 11.6 Å². The quantitative estimate of drug-likeness (QED) is 0.853. The Morgan fingerprint density at radius 1 is 1.38 bits per heavy atom. The highest BCUT2D eigenvalue weighted by atomic mass is 16.5. The number of hydrogen-bond acceptors (Lipinski definition) is 4. The van der Waals surface area contributed by atoms with Gasteiger partial charge in [0.15, 0.2) is 0 Å². The van der Waals surface area contributed by atoms with Gasteiger partial charge in [-0.2, -0.15) is 0 Å². The first kappa shape index (κ1) is 15.0. The first-order valence-corrected chi connectivity index (χ1v) is 6.78. The summed E-state index contributed by atoms with van der Waals surface area (Å²) in [5, 5.41) is 12.1. The highest BCUT2D eigenvalue weighted by Gasteiger charge is 2.08. The molecule has 0 unspecified atom stereocenters. The number of nitrogens with one attached hydrogen (secondary N) is 1. The third kappa shape index (κ3) is 4.29. The number of nitrogens with zero attached hydrogens (tertiary/aromatic N) is 1. The van der Waals surface area contributed by atoms with Crippen LogP contribution in [0.4, 0.5) is 5.69 Å². The number of rotatable bonds is 6. The fraction of sp³-hybridized carbons (Fsp3) is 0.250. The molecule has 0 aliphatic rings. The highest BCUT2D eigenvalue weighted by molar-refractivity contribution is 5.92. The van der Waals surface area contributed by atoms with Crippen LogP contribution in [-0.2, 0) is 17.8 Å². The second kappa shape index (κ2) is 7.40. The molecule has 2 rings (SSSR count). The summed E-state index contributed by atoms with van der Waals surface area (Å²) >= 11 is 0. The van der Waals surface area contributed by atoms with E-state index in [2.05, 4.69) is 10.3 Å². The second-order valence-electron chi connectivity index (χ2n) is 4.50. The van der Waals surface area contributed by atoms with E-state index in [0.717, 1.165) is 5.56 Å². The molecular weight excluding hydrogens is 268 g/mol. The third-order valence-corrected chi connectivity index (χ3v) is 2.90. The van der Waals surface area contributed by atoms with E-state index in [4.69, 9.17) is 4.74 Å². The number of amides is 1. The summed E-state index contributed by atoms with van der Waals surface area (Å²) in [4.78, 5) is 15.9. The van der Waals surface area contributed by atoms with Gasteiger partial charge in [0.2, 0.25) is 5.91 Å². The van der Waals surface area contributed by atoms with Gasteiger partial charge >= 0.3 is 0 Å². The second-order valence-corrected chi connectivity index (χ2v) is 4.50. The molecule has 0 saturated carbocycles. The molecule has 2 N–H and O–H groups in total.